The number of carbonyl (C=O) groups is 1. The van der Waals surface area contributed by atoms with Crippen molar-refractivity contribution >= 4 is 38.7 Å². The number of rotatable bonds is 6. The second-order valence-electron chi connectivity index (χ2n) is 5.19. The van der Waals surface area contributed by atoms with Gasteiger partial charge >= 0.3 is 0 Å². The molecule has 3 aromatic heterocycles. The lowest BCUT2D eigenvalue weighted by molar-refractivity contribution is -0.115. The molecule has 0 fully saturated rings. The summed E-state index contributed by atoms with van der Waals surface area (Å²) >= 11 is 3.00. The first-order valence-electron chi connectivity index (χ1n) is 7.20. The van der Waals surface area contributed by atoms with Crippen LogP contribution < -0.4 is 5.32 Å². The van der Waals surface area contributed by atoms with Gasteiger partial charge in [-0.25, -0.2) is 4.98 Å². The van der Waals surface area contributed by atoms with Crippen LogP contribution in [-0.2, 0) is 11.2 Å². The number of thiazole rings is 1. The summed E-state index contributed by atoms with van der Waals surface area (Å²) in [4.78, 5) is 17.4. The molecule has 0 radical (unpaired) electrons. The number of anilines is 1. The van der Waals surface area contributed by atoms with E-state index >= 15 is 0 Å². The molecule has 0 aromatic carbocycles. The normalized spacial score (nSPS) is 12.6. The smallest absolute Gasteiger partial charge is 0.232 e. The number of aromatic nitrogens is 4. The zero-order chi connectivity index (χ0) is 15.5. The Balaban J connectivity index is 1.60. The number of fused-ring (bicyclic) bond motifs is 1. The van der Waals surface area contributed by atoms with Crippen molar-refractivity contribution in [3.8, 4) is 0 Å². The van der Waals surface area contributed by atoms with Gasteiger partial charge in [-0.1, -0.05) is 31.6 Å². The molecule has 0 bridgehead atoms. The minimum absolute atomic E-state index is 0.114. The number of nitrogens with zero attached hydrogens (tertiary/aromatic N) is 4. The number of hydrogen-bond acceptors (Lipinski definition) is 6. The predicted octanol–water partition coefficient (Wildman–Crippen LogP) is 3.33. The van der Waals surface area contributed by atoms with Crippen LogP contribution >= 0.6 is 22.7 Å². The maximum absolute atomic E-state index is 12.1. The van der Waals surface area contributed by atoms with Crippen molar-refractivity contribution in [1.29, 1.82) is 0 Å². The molecule has 0 saturated heterocycles. The molecule has 3 rings (SSSR count). The number of imidazole rings is 1. The van der Waals surface area contributed by atoms with E-state index in [1.165, 1.54) is 11.3 Å². The van der Waals surface area contributed by atoms with E-state index in [1.807, 2.05) is 22.2 Å². The fourth-order valence-corrected chi connectivity index (χ4v) is 3.79. The zero-order valence-electron chi connectivity index (χ0n) is 12.4. The van der Waals surface area contributed by atoms with Gasteiger partial charge in [-0.3, -0.25) is 9.20 Å². The van der Waals surface area contributed by atoms with Gasteiger partial charge in [-0.05, 0) is 6.42 Å². The molecule has 22 heavy (non-hydrogen) atoms. The lowest BCUT2D eigenvalue weighted by atomic mass is 10.1. The molecule has 0 aliphatic rings. The second-order valence-corrected chi connectivity index (χ2v) is 7.07. The lowest BCUT2D eigenvalue weighted by Gasteiger charge is -2.03. The number of nitrogens with one attached hydrogen (secondary N) is 1. The van der Waals surface area contributed by atoms with E-state index in [1.54, 1.807) is 11.3 Å². The number of amides is 1. The van der Waals surface area contributed by atoms with Gasteiger partial charge in [0, 0.05) is 23.7 Å². The molecule has 0 aliphatic heterocycles. The Labute approximate surface area is 136 Å². The Morgan fingerprint density at radius 2 is 2.32 bits per heavy atom. The topological polar surface area (TPSA) is 72.2 Å². The van der Waals surface area contributed by atoms with Gasteiger partial charge in [-0.2, -0.15) is 0 Å². The van der Waals surface area contributed by atoms with Crippen LogP contribution in [0.25, 0.3) is 4.96 Å². The summed E-state index contributed by atoms with van der Waals surface area (Å²) in [5.41, 5.74) is 0.758. The largest absolute Gasteiger partial charge is 0.300 e. The van der Waals surface area contributed by atoms with E-state index in [4.69, 9.17) is 0 Å². The van der Waals surface area contributed by atoms with Gasteiger partial charge in [-0.15, -0.1) is 21.5 Å². The Morgan fingerprint density at radius 1 is 1.45 bits per heavy atom. The van der Waals surface area contributed by atoms with E-state index in [-0.39, 0.29) is 12.3 Å². The molecule has 3 aromatic rings. The van der Waals surface area contributed by atoms with Crippen LogP contribution in [0.15, 0.2) is 17.8 Å². The minimum atomic E-state index is -0.114. The van der Waals surface area contributed by atoms with Gasteiger partial charge in [0.1, 0.15) is 5.01 Å². The first kappa shape index (κ1) is 15.1. The van der Waals surface area contributed by atoms with Crippen molar-refractivity contribution in [2.45, 2.75) is 39.0 Å². The van der Waals surface area contributed by atoms with Crippen LogP contribution in [0, 0.1) is 0 Å². The molecule has 3 heterocycles. The molecule has 6 nitrogen and oxygen atoms in total. The van der Waals surface area contributed by atoms with E-state index < -0.39 is 0 Å². The van der Waals surface area contributed by atoms with Crippen LogP contribution in [-0.4, -0.2) is 25.5 Å². The average Bonchev–Trinajstić information content (AvgIpc) is 3.14. The van der Waals surface area contributed by atoms with Crippen molar-refractivity contribution in [2.24, 2.45) is 0 Å². The Kier molecular flexibility index (Phi) is 4.49. The fraction of sp³-hybridized carbons (Fsp3) is 0.429. The molecule has 1 amide bonds. The summed E-state index contributed by atoms with van der Waals surface area (Å²) < 4.78 is 1.92. The molecule has 0 saturated carbocycles. The van der Waals surface area contributed by atoms with Crippen LogP contribution in [0.3, 0.4) is 0 Å². The van der Waals surface area contributed by atoms with Crippen molar-refractivity contribution < 1.29 is 4.79 Å². The predicted molar refractivity (Wildman–Crippen MR) is 88.6 cm³/mol. The summed E-state index contributed by atoms with van der Waals surface area (Å²) in [7, 11) is 0. The van der Waals surface area contributed by atoms with Gasteiger partial charge < -0.3 is 5.32 Å². The Hall–Kier alpha value is -1.80. The van der Waals surface area contributed by atoms with Crippen molar-refractivity contribution in [2.75, 3.05) is 5.32 Å². The summed E-state index contributed by atoms with van der Waals surface area (Å²) in [6, 6.07) is 0. The van der Waals surface area contributed by atoms with E-state index in [0.717, 1.165) is 28.5 Å². The van der Waals surface area contributed by atoms with Crippen molar-refractivity contribution in [3.63, 3.8) is 0 Å². The summed E-state index contributed by atoms with van der Waals surface area (Å²) in [5.74, 6) is 0.268. The highest BCUT2D eigenvalue weighted by Gasteiger charge is 2.14. The average molecular weight is 335 g/mol. The lowest BCUT2D eigenvalue weighted by Crippen LogP contribution is -2.14. The summed E-state index contributed by atoms with van der Waals surface area (Å²) in [6.07, 6.45) is 6.24. The highest BCUT2D eigenvalue weighted by Crippen LogP contribution is 2.26. The standard InChI is InChI=1S/C14H17N5OS2/c1-3-4-9(2)12-17-18-13(22-12)16-11(20)7-10-8-19-5-6-21-14(19)15-10/h5-6,8-9H,3-4,7H2,1-2H3,(H,16,18,20). The van der Waals surface area contributed by atoms with Crippen LogP contribution in [0.1, 0.15) is 43.3 Å². The molecule has 8 heteroatoms. The summed E-state index contributed by atoms with van der Waals surface area (Å²) in [5, 5.41) is 14.5. The molecule has 1 atom stereocenters. The molecular formula is C14H17N5OS2. The molecule has 0 spiro atoms. The number of hydrogen-bond donors (Lipinski definition) is 1. The van der Waals surface area contributed by atoms with Crippen LogP contribution in [0.4, 0.5) is 5.13 Å². The molecule has 1 N–H and O–H groups in total. The van der Waals surface area contributed by atoms with Gasteiger partial charge in [0.25, 0.3) is 0 Å². The SMILES string of the molecule is CCCC(C)c1nnc(NC(=O)Cc2cn3ccsc3n2)s1. The van der Waals surface area contributed by atoms with Gasteiger partial charge in [0.2, 0.25) is 11.0 Å². The van der Waals surface area contributed by atoms with Crippen molar-refractivity contribution in [3.05, 3.63) is 28.5 Å². The molecule has 1 unspecified atom stereocenters. The second kappa shape index (κ2) is 6.53. The third kappa shape index (κ3) is 3.33. The summed E-state index contributed by atoms with van der Waals surface area (Å²) in [6.45, 7) is 4.28. The minimum Gasteiger partial charge on any atom is -0.300 e. The Morgan fingerprint density at radius 3 is 3.09 bits per heavy atom. The van der Waals surface area contributed by atoms with Crippen LogP contribution in [0.2, 0.25) is 0 Å². The van der Waals surface area contributed by atoms with Crippen molar-refractivity contribution in [1.82, 2.24) is 19.6 Å². The van der Waals surface area contributed by atoms with Gasteiger partial charge in [0.15, 0.2) is 4.96 Å². The highest BCUT2D eigenvalue weighted by molar-refractivity contribution is 7.15. The van der Waals surface area contributed by atoms with E-state index in [9.17, 15) is 4.79 Å². The first-order valence-corrected chi connectivity index (χ1v) is 8.89. The fourth-order valence-electron chi connectivity index (χ4n) is 2.23. The van der Waals surface area contributed by atoms with E-state index in [2.05, 4.69) is 34.3 Å². The number of carbonyl (C=O) groups excluding carboxylic acids is 1. The quantitative estimate of drug-likeness (QED) is 0.750. The molecular weight excluding hydrogens is 318 g/mol. The third-order valence-electron chi connectivity index (χ3n) is 3.32. The third-order valence-corrected chi connectivity index (χ3v) is 5.16. The first-order chi connectivity index (χ1) is 10.7. The maximum Gasteiger partial charge on any atom is 0.232 e. The zero-order valence-corrected chi connectivity index (χ0v) is 14.1. The van der Waals surface area contributed by atoms with Gasteiger partial charge in [0.05, 0.1) is 12.1 Å². The Bertz CT molecular complexity index is 746. The van der Waals surface area contributed by atoms with E-state index in [0.29, 0.717) is 11.0 Å². The molecule has 0 aliphatic carbocycles. The van der Waals surface area contributed by atoms with Crippen LogP contribution in [0.5, 0.6) is 0 Å². The maximum atomic E-state index is 12.1. The molecule has 116 valence electrons. The highest BCUT2D eigenvalue weighted by atomic mass is 32.1. The monoisotopic (exact) mass is 335 g/mol.